The monoisotopic (exact) mass is 408 g/mol. The van der Waals surface area contributed by atoms with E-state index in [1.807, 2.05) is 6.07 Å². The van der Waals surface area contributed by atoms with Gasteiger partial charge in [0.2, 0.25) is 0 Å². The number of nitrogens with zero attached hydrogens (tertiary/aromatic N) is 2. The van der Waals surface area contributed by atoms with Crippen molar-refractivity contribution in [2.45, 2.75) is 30.6 Å². The van der Waals surface area contributed by atoms with Crippen molar-refractivity contribution in [3.63, 3.8) is 0 Å². The van der Waals surface area contributed by atoms with Gasteiger partial charge in [-0.3, -0.25) is 0 Å². The molecule has 4 N–H and O–H groups in total. The summed E-state index contributed by atoms with van der Waals surface area (Å²) in [6.07, 6.45) is -6.90. The maximum Gasteiger partial charge on any atom is 0.164 e. The molecule has 0 amide bonds. The molecule has 1 aliphatic heterocycles. The molecule has 9 heteroatoms. The van der Waals surface area contributed by atoms with Gasteiger partial charge in [0, 0.05) is 5.02 Å². The van der Waals surface area contributed by atoms with Crippen molar-refractivity contribution >= 4 is 23.8 Å². The minimum absolute atomic E-state index is 0.0919. The Balaban J connectivity index is 2.19. The quantitative estimate of drug-likeness (QED) is 0.566. The van der Waals surface area contributed by atoms with E-state index >= 15 is 0 Å². The van der Waals surface area contributed by atoms with Crippen molar-refractivity contribution in [2.75, 3.05) is 6.61 Å². The van der Waals surface area contributed by atoms with E-state index in [0.29, 0.717) is 16.3 Å². The number of ether oxygens (including phenoxy) is 1. The molecule has 3 rings (SSSR count). The third kappa shape index (κ3) is 3.63. The summed E-state index contributed by atoms with van der Waals surface area (Å²) in [7, 11) is 0. The summed E-state index contributed by atoms with van der Waals surface area (Å²) < 4.78 is 7.13. The molecule has 0 unspecified atom stereocenters. The van der Waals surface area contributed by atoms with E-state index in [4.69, 9.17) is 28.6 Å². The molecule has 0 radical (unpaired) electrons. The average molecular weight is 409 g/mol. The Bertz CT molecular complexity index is 925. The Hall–Kier alpha value is -1.83. The van der Waals surface area contributed by atoms with Crippen LogP contribution in [0, 0.1) is 16.0 Å². The Kier molecular flexibility index (Phi) is 5.93. The summed E-state index contributed by atoms with van der Waals surface area (Å²) in [4.78, 5) is 0. The van der Waals surface area contributed by atoms with Gasteiger partial charge in [-0.1, -0.05) is 36.0 Å². The molecule has 1 aliphatic rings. The highest BCUT2D eigenvalue weighted by Crippen LogP contribution is 2.33. The molecule has 5 atom stereocenters. The predicted molar refractivity (Wildman–Crippen MR) is 99.4 cm³/mol. The number of pyridine rings is 1. The summed E-state index contributed by atoms with van der Waals surface area (Å²) in [5.74, 6) is 0. The highest BCUT2D eigenvalue weighted by atomic mass is 35.5. The third-order valence-corrected chi connectivity index (χ3v) is 5.17. The van der Waals surface area contributed by atoms with Crippen LogP contribution in [0.2, 0.25) is 5.02 Å². The first-order valence-electron chi connectivity index (χ1n) is 8.11. The number of aliphatic hydroxyl groups is 4. The van der Waals surface area contributed by atoms with Gasteiger partial charge in [-0.15, -0.1) is 0 Å². The summed E-state index contributed by atoms with van der Waals surface area (Å²) in [6, 6.07) is 12.0. The van der Waals surface area contributed by atoms with Gasteiger partial charge in [0.05, 0.1) is 17.9 Å². The predicted octanol–water partition coefficient (Wildman–Crippen LogP) is 1.38. The van der Waals surface area contributed by atoms with Crippen LogP contribution >= 0.6 is 23.8 Å². The van der Waals surface area contributed by atoms with Crippen molar-refractivity contribution in [1.82, 2.24) is 4.57 Å². The van der Waals surface area contributed by atoms with Crippen LogP contribution in [-0.2, 0) is 4.74 Å². The molecule has 27 heavy (non-hydrogen) atoms. The van der Waals surface area contributed by atoms with Crippen LogP contribution in [0.1, 0.15) is 11.8 Å². The Morgan fingerprint density at radius 1 is 1.07 bits per heavy atom. The lowest BCUT2D eigenvalue weighted by Gasteiger charge is -2.41. The van der Waals surface area contributed by atoms with Crippen LogP contribution in [-0.4, -0.2) is 56.0 Å². The van der Waals surface area contributed by atoms with Crippen molar-refractivity contribution < 1.29 is 25.2 Å². The lowest BCUT2D eigenvalue weighted by molar-refractivity contribution is -0.251. The van der Waals surface area contributed by atoms with Crippen LogP contribution in [0.5, 0.6) is 0 Å². The third-order valence-electron chi connectivity index (χ3n) is 4.50. The highest BCUT2D eigenvalue weighted by Gasteiger charge is 2.44. The molecule has 2 heterocycles. The molecule has 0 spiro atoms. The fourth-order valence-electron chi connectivity index (χ4n) is 3.04. The molecule has 142 valence electrons. The van der Waals surface area contributed by atoms with E-state index in [-0.39, 0.29) is 10.2 Å². The smallest absolute Gasteiger partial charge is 0.164 e. The number of halogens is 1. The standard InChI is InChI=1S/C18H17ClN2O5S/c19-11-4-1-9(2-5-11)12-6-3-10(7-20)18(27)21(12)17-16(25)15(24)14(23)13(8-22)26-17/h1-6,13-17,22-25H,8H2/t13-,14-,15+,16-,17-/m1/s1. The molecule has 0 bridgehead atoms. The van der Waals surface area contributed by atoms with Crippen molar-refractivity contribution in [1.29, 1.82) is 5.26 Å². The van der Waals surface area contributed by atoms with Crippen molar-refractivity contribution in [3.05, 3.63) is 51.6 Å². The maximum absolute atomic E-state index is 10.5. The zero-order chi connectivity index (χ0) is 19.7. The molecule has 2 aromatic rings. The van der Waals surface area contributed by atoms with Gasteiger partial charge < -0.3 is 29.7 Å². The average Bonchev–Trinajstić information content (AvgIpc) is 2.67. The molecule has 0 aliphatic carbocycles. The summed E-state index contributed by atoms with van der Waals surface area (Å²) in [5.41, 5.74) is 1.38. The second-order valence-corrected chi connectivity index (χ2v) is 6.97. The Morgan fingerprint density at radius 3 is 2.33 bits per heavy atom. The molecule has 1 saturated heterocycles. The summed E-state index contributed by atoms with van der Waals surface area (Å²) >= 11 is 11.3. The number of rotatable bonds is 3. The fraction of sp³-hybridized carbons (Fsp3) is 0.333. The lowest BCUT2D eigenvalue weighted by atomic mass is 9.97. The first kappa shape index (κ1) is 19.9. The van der Waals surface area contributed by atoms with E-state index in [1.165, 1.54) is 4.57 Å². The zero-order valence-electron chi connectivity index (χ0n) is 13.9. The first-order chi connectivity index (χ1) is 12.9. The largest absolute Gasteiger partial charge is 0.394 e. The molecule has 7 nitrogen and oxygen atoms in total. The van der Waals surface area contributed by atoms with Crippen LogP contribution in [0.3, 0.4) is 0 Å². The highest BCUT2D eigenvalue weighted by molar-refractivity contribution is 7.71. The van der Waals surface area contributed by atoms with Gasteiger partial charge in [-0.25, -0.2) is 0 Å². The molecule has 1 aromatic carbocycles. The zero-order valence-corrected chi connectivity index (χ0v) is 15.5. The van der Waals surface area contributed by atoms with Gasteiger partial charge in [0.1, 0.15) is 35.1 Å². The van der Waals surface area contributed by atoms with Crippen molar-refractivity contribution in [2.24, 2.45) is 0 Å². The Morgan fingerprint density at radius 2 is 1.74 bits per heavy atom. The van der Waals surface area contributed by atoms with Crippen molar-refractivity contribution in [3.8, 4) is 17.3 Å². The number of aliphatic hydroxyl groups excluding tert-OH is 4. The second-order valence-electron chi connectivity index (χ2n) is 6.15. The van der Waals surface area contributed by atoms with E-state index in [2.05, 4.69) is 0 Å². The molecular formula is C18H17ClN2O5S. The van der Waals surface area contributed by atoms with Crippen LogP contribution in [0.15, 0.2) is 36.4 Å². The SMILES string of the molecule is N#Cc1ccc(-c2ccc(Cl)cc2)n([C@@H]2O[C@H](CO)[C@@H](O)[C@H](O)[C@H]2O)c1=S. The molecule has 1 fully saturated rings. The van der Waals surface area contributed by atoms with E-state index in [1.54, 1.807) is 36.4 Å². The summed E-state index contributed by atoms with van der Waals surface area (Å²) in [6.45, 7) is -0.566. The first-order valence-corrected chi connectivity index (χ1v) is 8.89. The fourth-order valence-corrected chi connectivity index (χ4v) is 3.48. The van der Waals surface area contributed by atoms with Gasteiger partial charge in [-0.2, -0.15) is 5.26 Å². The molecule has 1 aromatic heterocycles. The number of nitriles is 1. The minimum atomic E-state index is -1.56. The number of aromatic nitrogens is 1. The molecular weight excluding hydrogens is 392 g/mol. The van der Waals surface area contributed by atoms with Gasteiger partial charge in [0.15, 0.2) is 6.23 Å². The van der Waals surface area contributed by atoms with E-state index in [9.17, 15) is 25.7 Å². The van der Waals surface area contributed by atoms with E-state index in [0.717, 1.165) is 0 Å². The number of benzene rings is 1. The maximum atomic E-state index is 10.5. The van der Waals surface area contributed by atoms with E-state index < -0.39 is 37.3 Å². The summed E-state index contributed by atoms with van der Waals surface area (Å²) in [5, 5.41) is 49.9. The van der Waals surface area contributed by atoms with Gasteiger partial charge in [-0.05, 0) is 29.8 Å². The number of hydrogen-bond donors (Lipinski definition) is 4. The van der Waals surface area contributed by atoms with Gasteiger partial charge in [0.25, 0.3) is 0 Å². The van der Waals surface area contributed by atoms with Crippen LogP contribution in [0.4, 0.5) is 0 Å². The second kappa shape index (κ2) is 8.04. The molecule has 0 saturated carbocycles. The lowest BCUT2D eigenvalue weighted by Crippen LogP contribution is -2.56. The normalized spacial score (nSPS) is 27.9. The minimum Gasteiger partial charge on any atom is -0.394 e. The van der Waals surface area contributed by atoms with Crippen LogP contribution < -0.4 is 0 Å². The Labute approximate surface area is 165 Å². The van der Waals surface area contributed by atoms with Gasteiger partial charge >= 0.3 is 0 Å². The van der Waals surface area contributed by atoms with Crippen LogP contribution in [0.25, 0.3) is 11.3 Å². The number of hydrogen-bond acceptors (Lipinski definition) is 7. The topological polar surface area (TPSA) is 119 Å².